The standard InChI is InChI=1S/C23H19ClF2N4O3.ClH/c24-18-6-2-14(3-7-18)9-19(13-31)30-21(32)17-5-8-20(33-22(25)26)16(10-17)4-1-15-11-28-23(27)29-12-15;/h2-3,5-8,10-12,19,22,31H,9,13H2,(H,30,32)(H2,27,28,29);1H. The molecule has 34 heavy (non-hydrogen) atoms. The number of benzene rings is 2. The molecule has 0 bridgehead atoms. The first-order chi connectivity index (χ1) is 15.8. The summed E-state index contributed by atoms with van der Waals surface area (Å²) in [5.74, 6) is 4.78. The summed E-state index contributed by atoms with van der Waals surface area (Å²) in [6.45, 7) is -3.37. The number of anilines is 1. The van der Waals surface area contributed by atoms with Crippen molar-refractivity contribution in [1.29, 1.82) is 0 Å². The highest BCUT2D eigenvalue weighted by atomic mass is 35.5. The third-order valence-corrected chi connectivity index (χ3v) is 4.67. The molecule has 0 saturated heterocycles. The van der Waals surface area contributed by atoms with E-state index in [2.05, 4.69) is 31.9 Å². The molecule has 0 saturated carbocycles. The van der Waals surface area contributed by atoms with E-state index in [1.165, 1.54) is 30.6 Å². The molecule has 3 aromatic rings. The zero-order valence-corrected chi connectivity index (χ0v) is 19.1. The number of hydrogen-bond acceptors (Lipinski definition) is 6. The number of nitrogens with two attached hydrogens (primary N) is 1. The summed E-state index contributed by atoms with van der Waals surface area (Å²) in [5.41, 5.74) is 6.92. The minimum atomic E-state index is -3.07. The molecule has 1 unspecified atom stereocenters. The Bertz CT molecular complexity index is 1170. The normalized spacial score (nSPS) is 11.1. The van der Waals surface area contributed by atoms with Crippen LogP contribution in [0.4, 0.5) is 14.7 Å². The molecule has 178 valence electrons. The van der Waals surface area contributed by atoms with Crippen LogP contribution < -0.4 is 15.8 Å². The van der Waals surface area contributed by atoms with E-state index in [0.29, 0.717) is 17.0 Å². The number of nitrogens with one attached hydrogen (secondary N) is 1. The Balaban J connectivity index is 0.00000408. The number of aliphatic hydroxyl groups is 1. The van der Waals surface area contributed by atoms with Gasteiger partial charge in [0.1, 0.15) is 5.75 Å². The topological polar surface area (TPSA) is 110 Å². The summed E-state index contributed by atoms with van der Waals surface area (Å²) in [5, 5.41) is 13.0. The van der Waals surface area contributed by atoms with Gasteiger partial charge in [0, 0.05) is 23.0 Å². The van der Waals surface area contributed by atoms with Gasteiger partial charge in [0.25, 0.3) is 5.91 Å². The average Bonchev–Trinajstić information content (AvgIpc) is 2.80. The SMILES string of the molecule is Cl.Nc1ncc(C#Cc2cc(C(=O)NC(CO)Cc3ccc(Cl)cc3)ccc2OC(F)F)cn1. The van der Waals surface area contributed by atoms with Crippen molar-refractivity contribution in [2.75, 3.05) is 12.3 Å². The van der Waals surface area contributed by atoms with E-state index in [1.54, 1.807) is 24.3 Å². The van der Waals surface area contributed by atoms with E-state index >= 15 is 0 Å². The Morgan fingerprint density at radius 3 is 2.44 bits per heavy atom. The molecule has 11 heteroatoms. The molecule has 0 aliphatic carbocycles. The Kier molecular flexibility index (Phi) is 10.0. The van der Waals surface area contributed by atoms with Crippen LogP contribution in [0.25, 0.3) is 0 Å². The largest absolute Gasteiger partial charge is 0.434 e. The van der Waals surface area contributed by atoms with E-state index in [9.17, 15) is 18.7 Å². The summed E-state index contributed by atoms with van der Waals surface area (Å²) in [7, 11) is 0. The summed E-state index contributed by atoms with van der Waals surface area (Å²) in [6.07, 6.45) is 3.13. The molecule has 0 aliphatic heterocycles. The number of rotatable bonds is 7. The lowest BCUT2D eigenvalue weighted by Gasteiger charge is -2.17. The van der Waals surface area contributed by atoms with Crippen LogP contribution in [0.5, 0.6) is 5.75 Å². The Hall–Kier alpha value is -3.45. The zero-order valence-electron chi connectivity index (χ0n) is 17.5. The quantitative estimate of drug-likeness (QED) is 0.421. The van der Waals surface area contributed by atoms with Crippen molar-refractivity contribution < 1.29 is 23.4 Å². The molecule has 7 nitrogen and oxygen atoms in total. The predicted octanol–water partition coefficient (Wildman–Crippen LogP) is 3.47. The van der Waals surface area contributed by atoms with Crippen molar-refractivity contribution in [1.82, 2.24) is 15.3 Å². The van der Waals surface area contributed by atoms with Gasteiger partial charge in [0.2, 0.25) is 5.95 Å². The van der Waals surface area contributed by atoms with Crippen molar-refractivity contribution in [2.45, 2.75) is 19.1 Å². The number of nitrogen functional groups attached to an aromatic ring is 1. The number of ether oxygens (including phenoxy) is 1. The second-order valence-corrected chi connectivity index (χ2v) is 7.29. The van der Waals surface area contributed by atoms with Crippen LogP contribution >= 0.6 is 24.0 Å². The van der Waals surface area contributed by atoms with E-state index < -0.39 is 18.6 Å². The van der Waals surface area contributed by atoms with Gasteiger partial charge in [-0.25, -0.2) is 9.97 Å². The minimum absolute atomic E-state index is 0. The van der Waals surface area contributed by atoms with Gasteiger partial charge in [-0.3, -0.25) is 4.79 Å². The summed E-state index contributed by atoms with van der Waals surface area (Å²) in [4.78, 5) is 20.4. The molecule has 0 aliphatic rings. The fourth-order valence-electron chi connectivity index (χ4n) is 2.84. The summed E-state index contributed by atoms with van der Waals surface area (Å²) >= 11 is 5.88. The third kappa shape index (κ3) is 7.85. The third-order valence-electron chi connectivity index (χ3n) is 4.42. The molecule has 1 aromatic heterocycles. The Morgan fingerprint density at radius 2 is 1.82 bits per heavy atom. The van der Waals surface area contributed by atoms with Gasteiger partial charge < -0.3 is 20.9 Å². The van der Waals surface area contributed by atoms with Gasteiger partial charge in [-0.1, -0.05) is 35.6 Å². The van der Waals surface area contributed by atoms with Gasteiger partial charge in [-0.05, 0) is 42.3 Å². The molecule has 4 N–H and O–H groups in total. The number of nitrogens with zero attached hydrogens (tertiary/aromatic N) is 2. The fraction of sp³-hybridized carbons (Fsp3) is 0.174. The van der Waals surface area contributed by atoms with E-state index in [0.717, 1.165) is 5.56 Å². The molecule has 0 spiro atoms. The number of halogens is 4. The molecule has 1 amide bonds. The maximum Gasteiger partial charge on any atom is 0.387 e. The van der Waals surface area contributed by atoms with Crippen LogP contribution in [0.2, 0.25) is 5.02 Å². The van der Waals surface area contributed by atoms with Gasteiger partial charge in [0.15, 0.2) is 0 Å². The highest BCUT2D eigenvalue weighted by Gasteiger charge is 2.16. The van der Waals surface area contributed by atoms with Crippen molar-refractivity contribution >= 4 is 35.9 Å². The maximum atomic E-state index is 12.8. The Labute approximate surface area is 205 Å². The zero-order chi connectivity index (χ0) is 23.8. The maximum absolute atomic E-state index is 12.8. The van der Waals surface area contributed by atoms with E-state index in [4.69, 9.17) is 17.3 Å². The molecule has 3 rings (SSSR count). The first kappa shape index (κ1) is 26.8. The molecular weight excluding hydrogens is 489 g/mol. The number of amides is 1. The lowest BCUT2D eigenvalue weighted by molar-refractivity contribution is -0.0500. The molecule has 0 radical (unpaired) electrons. The van der Waals surface area contributed by atoms with Crippen molar-refractivity contribution in [3.63, 3.8) is 0 Å². The lowest BCUT2D eigenvalue weighted by atomic mass is 10.0. The van der Waals surface area contributed by atoms with Gasteiger partial charge in [0.05, 0.1) is 23.8 Å². The van der Waals surface area contributed by atoms with E-state index in [1.807, 2.05) is 0 Å². The van der Waals surface area contributed by atoms with Crippen LogP contribution in [0, 0.1) is 11.8 Å². The highest BCUT2D eigenvalue weighted by molar-refractivity contribution is 6.30. The van der Waals surface area contributed by atoms with Crippen LogP contribution in [0.1, 0.15) is 27.0 Å². The number of carbonyl (C=O) groups excluding carboxylic acids is 1. The highest BCUT2D eigenvalue weighted by Crippen LogP contribution is 2.22. The number of hydrogen-bond donors (Lipinski definition) is 3. The van der Waals surface area contributed by atoms with Crippen molar-refractivity contribution in [3.8, 4) is 17.6 Å². The van der Waals surface area contributed by atoms with E-state index in [-0.39, 0.29) is 41.8 Å². The second-order valence-electron chi connectivity index (χ2n) is 6.85. The summed E-state index contributed by atoms with van der Waals surface area (Å²) < 4.78 is 30.1. The van der Waals surface area contributed by atoms with Crippen molar-refractivity contribution in [3.05, 3.63) is 82.1 Å². The van der Waals surface area contributed by atoms with Crippen LogP contribution in [-0.2, 0) is 6.42 Å². The van der Waals surface area contributed by atoms with Gasteiger partial charge >= 0.3 is 6.61 Å². The smallest absolute Gasteiger partial charge is 0.387 e. The van der Waals surface area contributed by atoms with Gasteiger partial charge in [-0.15, -0.1) is 12.4 Å². The van der Waals surface area contributed by atoms with Gasteiger partial charge in [-0.2, -0.15) is 8.78 Å². The molecular formula is C23H20Cl2F2N4O3. The Morgan fingerprint density at radius 1 is 1.15 bits per heavy atom. The minimum Gasteiger partial charge on any atom is -0.434 e. The second kappa shape index (κ2) is 12.7. The van der Waals surface area contributed by atoms with Crippen molar-refractivity contribution in [2.24, 2.45) is 0 Å². The number of carbonyl (C=O) groups is 1. The van der Waals surface area contributed by atoms with Crippen LogP contribution in [0.3, 0.4) is 0 Å². The number of aliphatic hydroxyl groups excluding tert-OH is 1. The predicted molar refractivity (Wildman–Crippen MR) is 126 cm³/mol. The fourth-order valence-corrected chi connectivity index (χ4v) is 2.97. The first-order valence-electron chi connectivity index (χ1n) is 9.68. The molecule has 0 fully saturated rings. The lowest BCUT2D eigenvalue weighted by Crippen LogP contribution is -2.39. The van der Waals surface area contributed by atoms with Crippen LogP contribution in [-0.4, -0.2) is 40.2 Å². The van der Waals surface area contributed by atoms with Crippen LogP contribution in [0.15, 0.2) is 54.9 Å². The monoisotopic (exact) mass is 508 g/mol. The number of aromatic nitrogens is 2. The molecule has 1 atom stereocenters. The summed E-state index contributed by atoms with van der Waals surface area (Å²) in [6, 6.07) is 10.3. The first-order valence-corrected chi connectivity index (χ1v) is 10.1. The number of alkyl halides is 2. The molecule has 1 heterocycles. The molecule has 2 aromatic carbocycles. The average molecular weight is 509 g/mol.